The molecule has 108 valence electrons. The maximum atomic E-state index is 6.12. The number of aryl methyl sites for hydroxylation is 1. The number of hydrogen-bond donors (Lipinski definition) is 1. The Morgan fingerprint density at radius 2 is 2.10 bits per heavy atom. The SMILES string of the molecule is Cn1cc(Sc2ccc(Cl)cc2CNC(C)(C)C)cn1. The maximum Gasteiger partial charge on any atom is 0.0629 e. The van der Waals surface area contributed by atoms with Gasteiger partial charge < -0.3 is 5.32 Å². The van der Waals surface area contributed by atoms with Crippen LogP contribution in [0, 0.1) is 0 Å². The van der Waals surface area contributed by atoms with E-state index in [2.05, 4.69) is 37.3 Å². The number of nitrogens with one attached hydrogen (secondary N) is 1. The Kier molecular flexibility index (Phi) is 4.78. The number of halogens is 1. The lowest BCUT2D eigenvalue weighted by molar-refractivity contribution is 0.422. The highest BCUT2D eigenvalue weighted by Gasteiger charge is 2.12. The molecule has 0 saturated heterocycles. The Balaban J connectivity index is 2.19. The lowest BCUT2D eigenvalue weighted by Gasteiger charge is -2.21. The number of aromatic nitrogens is 2. The second-order valence-corrected chi connectivity index (χ2v) is 7.36. The van der Waals surface area contributed by atoms with Gasteiger partial charge in [-0.25, -0.2) is 0 Å². The topological polar surface area (TPSA) is 29.9 Å². The molecule has 1 N–H and O–H groups in total. The molecular formula is C15H20ClN3S. The standard InChI is InChI=1S/C15H20ClN3S/c1-15(2,3)17-8-11-7-12(16)5-6-14(11)20-13-9-18-19(4)10-13/h5-7,9-10,17H,8H2,1-4H3. The molecule has 0 amide bonds. The van der Waals surface area contributed by atoms with Gasteiger partial charge in [-0.1, -0.05) is 23.4 Å². The summed E-state index contributed by atoms with van der Waals surface area (Å²) in [6.45, 7) is 7.27. The second-order valence-electron chi connectivity index (χ2n) is 5.81. The molecule has 0 bridgehead atoms. The van der Waals surface area contributed by atoms with Crippen molar-refractivity contribution in [3.63, 3.8) is 0 Å². The smallest absolute Gasteiger partial charge is 0.0629 e. The normalized spacial score (nSPS) is 11.8. The Hall–Kier alpha value is -0.970. The quantitative estimate of drug-likeness (QED) is 0.921. The van der Waals surface area contributed by atoms with Gasteiger partial charge in [-0.3, -0.25) is 4.68 Å². The highest BCUT2D eigenvalue weighted by atomic mass is 35.5. The summed E-state index contributed by atoms with van der Waals surface area (Å²) in [5, 5.41) is 8.47. The number of rotatable bonds is 4. The van der Waals surface area contributed by atoms with Crippen LogP contribution in [0.1, 0.15) is 26.3 Å². The van der Waals surface area contributed by atoms with Crippen molar-refractivity contribution in [2.75, 3.05) is 0 Å². The predicted molar refractivity (Wildman–Crippen MR) is 85.4 cm³/mol. The zero-order chi connectivity index (χ0) is 14.8. The van der Waals surface area contributed by atoms with Crippen LogP contribution in [0.25, 0.3) is 0 Å². The van der Waals surface area contributed by atoms with Crippen LogP contribution in [0.5, 0.6) is 0 Å². The van der Waals surface area contributed by atoms with E-state index in [1.54, 1.807) is 11.8 Å². The van der Waals surface area contributed by atoms with E-state index in [0.29, 0.717) is 0 Å². The highest BCUT2D eigenvalue weighted by Crippen LogP contribution is 2.31. The van der Waals surface area contributed by atoms with Crippen molar-refractivity contribution in [2.24, 2.45) is 7.05 Å². The van der Waals surface area contributed by atoms with Crippen molar-refractivity contribution >= 4 is 23.4 Å². The van der Waals surface area contributed by atoms with Gasteiger partial charge in [0.2, 0.25) is 0 Å². The molecule has 0 aliphatic heterocycles. The molecule has 2 rings (SSSR count). The highest BCUT2D eigenvalue weighted by molar-refractivity contribution is 7.99. The summed E-state index contributed by atoms with van der Waals surface area (Å²) in [7, 11) is 1.92. The zero-order valence-corrected chi connectivity index (χ0v) is 13.8. The van der Waals surface area contributed by atoms with E-state index in [0.717, 1.165) is 16.5 Å². The summed E-state index contributed by atoms with van der Waals surface area (Å²) in [6, 6.07) is 6.03. The van der Waals surface area contributed by atoms with Crippen molar-refractivity contribution < 1.29 is 0 Å². The van der Waals surface area contributed by atoms with E-state index in [9.17, 15) is 0 Å². The van der Waals surface area contributed by atoms with Gasteiger partial charge in [0.05, 0.1) is 11.1 Å². The molecule has 0 atom stereocenters. The van der Waals surface area contributed by atoms with Crippen LogP contribution in [0.2, 0.25) is 5.02 Å². The summed E-state index contributed by atoms with van der Waals surface area (Å²) in [5.41, 5.74) is 1.29. The van der Waals surface area contributed by atoms with Gasteiger partial charge in [-0.15, -0.1) is 0 Å². The van der Waals surface area contributed by atoms with Crippen molar-refractivity contribution in [2.45, 2.75) is 42.6 Å². The summed E-state index contributed by atoms with van der Waals surface area (Å²) >= 11 is 7.83. The van der Waals surface area contributed by atoms with Gasteiger partial charge in [0.15, 0.2) is 0 Å². The molecule has 0 aliphatic rings. The molecule has 5 heteroatoms. The first-order valence-electron chi connectivity index (χ1n) is 6.53. The molecule has 1 aromatic carbocycles. The molecule has 1 heterocycles. The predicted octanol–water partition coefficient (Wildman–Crippen LogP) is 4.11. The first-order valence-corrected chi connectivity index (χ1v) is 7.73. The molecule has 0 spiro atoms. The fraction of sp³-hybridized carbons (Fsp3) is 0.400. The Labute approximate surface area is 129 Å². The van der Waals surface area contributed by atoms with Gasteiger partial charge in [-0.05, 0) is 44.5 Å². The number of benzene rings is 1. The molecule has 0 saturated carbocycles. The van der Waals surface area contributed by atoms with Gasteiger partial charge in [0, 0.05) is 35.2 Å². The molecule has 2 aromatic rings. The third-order valence-electron chi connectivity index (χ3n) is 2.74. The van der Waals surface area contributed by atoms with Gasteiger partial charge in [0.1, 0.15) is 0 Å². The average Bonchev–Trinajstić information content (AvgIpc) is 2.74. The van der Waals surface area contributed by atoms with Gasteiger partial charge >= 0.3 is 0 Å². The van der Waals surface area contributed by atoms with Crippen LogP contribution in [0.4, 0.5) is 0 Å². The maximum absolute atomic E-state index is 6.12. The molecule has 0 fully saturated rings. The summed E-state index contributed by atoms with van der Waals surface area (Å²) < 4.78 is 1.81. The Bertz CT molecular complexity index is 587. The average molecular weight is 310 g/mol. The minimum Gasteiger partial charge on any atom is -0.308 e. The lowest BCUT2D eigenvalue weighted by Crippen LogP contribution is -2.35. The van der Waals surface area contributed by atoms with Gasteiger partial charge in [0.25, 0.3) is 0 Å². The van der Waals surface area contributed by atoms with Crippen LogP contribution >= 0.6 is 23.4 Å². The Morgan fingerprint density at radius 3 is 2.70 bits per heavy atom. The molecular weight excluding hydrogens is 290 g/mol. The van der Waals surface area contributed by atoms with Gasteiger partial charge in [-0.2, -0.15) is 5.10 Å². The molecule has 0 unspecified atom stereocenters. The monoisotopic (exact) mass is 309 g/mol. The van der Waals surface area contributed by atoms with Crippen LogP contribution in [-0.2, 0) is 13.6 Å². The summed E-state index contributed by atoms with van der Waals surface area (Å²) in [6.07, 6.45) is 3.89. The summed E-state index contributed by atoms with van der Waals surface area (Å²) in [5.74, 6) is 0. The van der Waals surface area contributed by atoms with Crippen molar-refractivity contribution in [1.82, 2.24) is 15.1 Å². The summed E-state index contributed by atoms with van der Waals surface area (Å²) in [4.78, 5) is 2.34. The van der Waals surface area contributed by atoms with Crippen LogP contribution < -0.4 is 5.32 Å². The van der Waals surface area contributed by atoms with Crippen LogP contribution in [0.15, 0.2) is 40.4 Å². The van der Waals surface area contributed by atoms with Crippen LogP contribution in [-0.4, -0.2) is 15.3 Å². The minimum absolute atomic E-state index is 0.0819. The van der Waals surface area contributed by atoms with E-state index in [-0.39, 0.29) is 5.54 Å². The van der Waals surface area contributed by atoms with E-state index in [1.165, 1.54) is 10.5 Å². The second kappa shape index (κ2) is 6.20. The fourth-order valence-corrected chi connectivity index (χ4v) is 2.88. The van der Waals surface area contributed by atoms with Crippen molar-refractivity contribution in [3.8, 4) is 0 Å². The molecule has 3 nitrogen and oxygen atoms in total. The Morgan fingerprint density at radius 1 is 1.35 bits per heavy atom. The van der Waals surface area contributed by atoms with E-state index in [4.69, 9.17) is 11.6 Å². The first kappa shape index (κ1) is 15.4. The third-order valence-corrected chi connectivity index (χ3v) is 4.04. The molecule has 1 aromatic heterocycles. The van der Waals surface area contributed by atoms with Crippen molar-refractivity contribution in [1.29, 1.82) is 0 Å². The van der Waals surface area contributed by atoms with E-state index >= 15 is 0 Å². The third kappa shape index (κ3) is 4.54. The fourth-order valence-electron chi connectivity index (χ4n) is 1.72. The first-order chi connectivity index (χ1) is 9.33. The largest absolute Gasteiger partial charge is 0.308 e. The number of hydrogen-bond acceptors (Lipinski definition) is 3. The van der Waals surface area contributed by atoms with E-state index in [1.807, 2.05) is 36.3 Å². The zero-order valence-electron chi connectivity index (χ0n) is 12.3. The lowest BCUT2D eigenvalue weighted by atomic mass is 10.1. The molecule has 0 radical (unpaired) electrons. The molecule has 20 heavy (non-hydrogen) atoms. The van der Waals surface area contributed by atoms with E-state index < -0.39 is 0 Å². The minimum atomic E-state index is 0.0819. The van der Waals surface area contributed by atoms with Crippen molar-refractivity contribution in [3.05, 3.63) is 41.2 Å². The van der Waals surface area contributed by atoms with Crippen LogP contribution in [0.3, 0.4) is 0 Å². The molecule has 0 aliphatic carbocycles. The number of nitrogens with zero attached hydrogens (tertiary/aromatic N) is 2.